The minimum atomic E-state index is 0.171. The summed E-state index contributed by atoms with van der Waals surface area (Å²) in [5.74, 6) is 0.171. The molecule has 0 bridgehead atoms. The lowest BCUT2D eigenvalue weighted by atomic mass is 10.1. The SMILES string of the molecule is CCN(CC)CCN1CCn2ccc3cccc(c32)C1=O. The first-order valence-electron chi connectivity index (χ1n) is 7.84. The van der Waals surface area contributed by atoms with Crippen molar-refractivity contribution in [3.8, 4) is 0 Å². The largest absolute Gasteiger partial charge is 0.345 e. The van der Waals surface area contributed by atoms with Crippen LogP contribution in [0.3, 0.4) is 0 Å². The van der Waals surface area contributed by atoms with Crippen LogP contribution in [0.2, 0.25) is 0 Å². The minimum absolute atomic E-state index is 0.171. The number of hydrogen-bond acceptors (Lipinski definition) is 2. The molecule has 3 rings (SSSR count). The Bertz CT molecular complexity index is 643. The average Bonchev–Trinajstić information content (AvgIpc) is 2.87. The van der Waals surface area contributed by atoms with Gasteiger partial charge >= 0.3 is 0 Å². The summed E-state index contributed by atoms with van der Waals surface area (Å²) in [7, 11) is 0. The van der Waals surface area contributed by atoms with Gasteiger partial charge in [0, 0.05) is 37.8 Å². The lowest BCUT2D eigenvalue weighted by molar-refractivity contribution is 0.0740. The van der Waals surface area contributed by atoms with Crippen LogP contribution in [0.1, 0.15) is 24.2 Å². The van der Waals surface area contributed by atoms with E-state index in [0.717, 1.165) is 55.7 Å². The van der Waals surface area contributed by atoms with E-state index in [1.807, 2.05) is 17.0 Å². The first-order chi connectivity index (χ1) is 10.2. The fourth-order valence-electron chi connectivity index (χ4n) is 3.14. The molecule has 1 amide bonds. The van der Waals surface area contributed by atoms with Crippen LogP contribution >= 0.6 is 0 Å². The van der Waals surface area contributed by atoms with E-state index in [2.05, 4.69) is 41.6 Å². The molecule has 1 aromatic heterocycles. The second-order valence-electron chi connectivity index (χ2n) is 5.57. The zero-order valence-electron chi connectivity index (χ0n) is 12.9. The van der Waals surface area contributed by atoms with Crippen molar-refractivity contribution in [2.75, 3.05) is 32.7 Å². The zero-order chi connectivity index (χ0) is 14.8. The Hall–Kier alpha value is -1.81. The Labute approximate surface area is 125 Å². The monoisotopic (exact) mass is 285 g/mol. The van der Waals surface area contributed by atoms with Crippen molar-refractivity contribution in [2.24, 2.45) is 0 Å². The van der Waals surface area contributed by atoms with Crippen LogP contribution in [0.25, 0.3) is 10.9 Å². The maximum Gasteiger partial charge on any atom is 0.256 e. The van der Waals surface area contributed by atoms with Gasteiger partial charge in [0.05, 0.1) is 11.1 Å². The van der Waals surface area contributed by atoms with Crippen LogP contribution < -0.4 is 0 Å². The van der Waals surface area contributed by atoms with E-state index in [9.17, 15) is 4.79 Å². The highest BCUT2D eigenvalue weighted by Gasteiger charge is 2.23. The third-order valence-corrected chi connectivity index (χ3v) is 4.50. The summed E-state index contributed by atoms with van der Waals surface area (Å²) in [6.45, 7) is 9.83. The molecule has 21 heavy (non-hydrogen) atoms. The van der Waals surface area contributed by atoms with Crippen molar-refractivity contribution >= 4 is 16.8 Å². The molecule has 0 unspecified atom stereocenters. The van der Waals surface area contributed by atoms with Gasteiger partial charge in [0.25, 0.3) is 5.91 Å². The highest BCUT2D eigenvalue weighted by molar-refractivity contribution is 6.06. The molecule has 0 saturated heterocycles. The third-order valence-electron chi connectivity index (χ3n) is 4.50. The first kappa shape index (κ1) is 14.1. The normalized spacial score (nSPS) is 15.0. The number of likely N-dealkylation sites (N-methyl/N-ethyl adjacent to an activating group) is 1. The summed E-state index contributed by atoms with van der Waals surface area (Å²) in [5.41, 5.74) is 1.93. The van der Waals surface area contributed by atoms with E-state index in [-0.39, 0.29) is 5.91 Å². The quantitative estimate of drug-likeness (QED) is 0.844. The lowest BCUT2D eigenvalue weighted by Crippen LogP contribution is -2.39. The molecule has 2 heterocycles. The second kappa shape index (κ2) is 5.90. The molecule has 1 aliphatic heterocycles. The Morgan fingerprint density at radius 3 is 2.71 bits per heavy atom. The van der Waals surface area contributed by atoms with E-state index in [0.29, 0.717) is 0 Å². The van der Waals surface area contributed by atoms with Gasteiger partial charge in [0.15, 0.2) is 0 Å². The number of carbonyl (C=O) groups excluding carboxylic acids is 1. The summed E-state index contributed by atoms with van der Waals surface area (Å²) in [6.07, 6.45) is 2.09. The highest BCUT2D eigenvalue weighted by atomic mass is 16.2. The Morgan fingerprint density at radius 2 is 1.95 bits per heavy atom. The average molecular weight is 285 g/mol. The van der Waals surface area contributed by atoms with Gasteiger partial charge in [0.2, 0.25) is 0 Å². The summed E-state index contributed by atoms with van der Waals surface area (Å²) < 4.78 is 2.21. The summed E-state index contributed by atoms with van der Waals surface area (Å²) >= 11 is 0. The van der Waals surface area contributed by atoms with Gasteiger partial charge in [-0.15, -0.1) is 0 Å². The van der Waals surface area contributed by atoms with Crippen molar-refractivity contribution in [3.05, 3.63) is 36.0 Å². The van der Waals surface area contributed by atoms with E-state index >= 15 is 0 Å². The van der Waals surface area contributed by atoms with Crippen LogP contribution in [-0.4, -0.2) is 53.0 Å². The predicted octanol–water partition coefficient (Wildman–Crippen LogP) is 2.44. The molecular weight excluding hydrogens is 262 g/mol. The molecule has 0 N–H and O–H groups in total. The number of amides is 1. The van der Waals surface area contributed by atoms with Crippen molar-refractivity contribution in [1.82, 2.24) is 14.4 Å². The number of carbonyl (C=O) groups is 1. The maximum absolute atomic E-state index is 12.8. The van der Waals surface area contributed by atoms with Crippen molar-refractivity contribution in [3.63, 3.8) is 0 Å². The summed E-state index contributed by atoms with van der Waals surface area (Å²) in [6, 6.07) is 8.11. The van der Waals surface area contributed by atoms with Crippen LogP contribution in [0.15, 0.2) is 30.5 Å². The standard InChI is InChI=1S/C17H23N3O/c1-3-18(4-2)10-11-20-13-12-19-9-8-14-6-5-7-15(16(14)19)17(20)21/h5-9H,3-4,10-13H2,1-2H3. The fourth-order valence-corrected chi connectivity index (χ4v) is 3.14. The van der Waals surface area contributed by atoms with E-state index in [4.69, 9.17) is 0 Å². The van der Waals surface area contributed by atoms with Crippen LogP contribution in [0, 0.1) is 0 Å². The maximum atomic E-state index is 12.8. The van der Waals surface area contributed by atoms with Crippen molar-refractivity contribution in [2.45, 2.75) is 20.4 Å². The van der Waals surface area contributed by atoms with Crippen molar-refractivity contribution < 1.29 is 4.79 Å². The predicted molar refractivity (Wildman–Crippen MR) is 85.6 cm³/mol. The number of aromatic nitrogens is 1. The van der Waals surface area contributed by atoms with Crippen LogP contribution in [0.4, 0.5) is 0 Å². The van der Waals surface area contributed by atoms with Gasteiger partial charge in [-0.05, 0) is 25.2 Å². The molecule has 0 radical (unpaired) electrons. The Balaban J connectivity index is 1.84. The van der Waals surface area contributed by atoms with E-state index in [1.54, 1.807) is 0 Å². The minimum Gasteiger partial charge on any atom is -0.345 e. The molecule has 4 heteroatoms. The topological polar surface area (TPSA) is 28.5 Å². The van der Waals surface area contributed by atoms with Gasteiger partial charge in [-0.2, -0.15) is 0 Å². The molecular formula is C17H23N3O. The molecule has 0 atom stereocenters. The van der Waals surface area contributed by atoms with Crippen LogP contribution in [0.5, 0.6) is 0 Å². The number of nitrogens with zero attached hydrogens (tertiary/aromatic N) is 3. The van der Waals surface area contributed by atoms with Gasteiger partial charge < -0.3 is 14.4 Å². The molecule has 0 saturated carbocycles. The number of rotatable bonds is 5. The highest BCUT2D eigenvalue weighted by Crippen LogP contribution is 2.24. The van der Waals surface area contributed by atoms with Crippen molar-refractivity contribution in [1.29, 1.82) is 0 Å². The third kappa shape index (κ3) is 2.56. The van der Waals surface area contributed by atoms with Crippen LogP contribution in [-0.2, 0) is 6.54 Å². The zero-order valence-corrected chi connectivity index (χ0v) is 12.9. The second-order valence-corrected chi connectivity index (χ2v) is 5.57. The summed E-state index contributed by atoms with van der Waals surface area (Å²) in [5, 5.41) is 1.16. The lowest BCUT2D eigenvalue weighted by Gasteiger charge is -2.25. The Kier molecular flexibility index (Phi) is 3.97. The first-order valence-corrected chi connectivity index (χ1v) is 7.84. The molecule has 112 valence electrons. The molecule has 1 aromatic carbocycles. The molecule has 0 aliphatic carbocycles. The molecule has 0 spiro atoms. The molecule has 4 nitrogen and oxygen atoms in total. The number of hydrogen-bond donors (Lipinski definition) is 0. The number of para-hydroxylation sites is 1. The molecule has 0 fully saturated rings. The summed E-state index contributed by atoms with van der Waals surface area (Å²) in [4.78, 5) is 17.2. The smallest absolute Gasteiger partial charge is 0.256 e. The number of benzene rings is 1. The molecule has 2 aromatic rings. The van der Waals surface area contributed by atoms with Gasteiger partial charge in [-0.1, -0.05) is 26.0 Å². The van der Waals surface area contributed by atoms with E-state index in [1.165, 1.54) is 0 Å². The fraction of sp³-hybridized carbons (Fsp3) is 0.471. The van der Waals surface area contributed by atoms with Gasteiger partial charge in [0.1, 0.15) is 0 Å². The van der Waals surface area contributed by atoms with Gasteiger partial charge in [-0.25, -0.2) is 0 Å². The molecule has 1 aliphatic rings. The Morgan fingerprint density at radius 1 is 1.14 bits per heavy atom. The van der Waals surface area contributed by atoms with E-state index < -0.39 is 0 Å². The van der Waals surface area contributed by atoms with Gasteiger partial charge in [-0.3, -0.25) is 4.79 Å².